The number of halogens is 1. The number of nitrogens with one attached hydrogen (secondary N) is 1. The third kappa shape index (κ3) is 4.04. The summed E-state index contributed by atoms with van der Waals surface area (Å²) in [6.45, 7) is 0.470. The van der Waals surface area contributed by atoms with E-state index in [9.17, 15) is 4.79 Å². The predicted octanol–water partition coefficient (Wildman–Crippen LogP) is 2.71. The van der Waals surface area contributed by atoms with E-state index in [1.165, 1.54) is 0 Å². The van der Waals surface area contributed by atoms with E-state index in [4.69, 9.17) is 5.11 Å². The van der Waals surface area contributed by atoms with Gasteiger partial charge in [-0.15, -0.1) is 0 Å². The van der Waals surface area contributed by atoms with Gasteiger partial charge in [-0.25, -0.2) is 0 Å². The molecule has 0 aliphatic rings. The minimum atomic E-state index is -0.0919. The van der Waals surface area contributed by atoms with E-state index in [1.807, 2.05) is 36.4 Å². The van der Waals surface area contributed by atoms with E-state index >= 15 is 0 Å². The summed E-state index contributed by atoms with van der Waals surface area (Å²) >= 11 is 2.20. The fourth-order valence-corrected chi connectivity index (χ4v) is 2.08. The Labute approximate surface area is 125 Å². The van der Waals surface area contributed by atoms with Crippen LogP contribution in [-0.2, 0) is 13.2 Å². The lowest BCUT2D eigenvalue weighted by atomic mass is 10.1. The highest BCUT2D eigenvalue weighted by Gasteiger charge is 2.04. The highest BCUT2D eigenvalue weighted by Crippen LogP contribution is 2.08. The standard InChI is InChI=1S/C15H14INO2/c16-14-6-4-13(5-7-14)15(19)17-9-11-2-1-3-12(8-11)10-18/h1-8,18H,9-10H2,(H,17,19). The Bertz CT molecular complexity index is 567. The summed E-state index contributed by atoms with van der Waals surface area (Å²) in [5, 5.41) is 11.9. The summed E-state index contributed by atoms with van der Waals surface area (Å²) in [6.07, 6.45) is 0. The van der Waals surface area contributed by atoms with Gasteiger partial charge in [0.25, 0.3) is 5.91 Å². The molecule has 2 aromatic carbocycles. The van der Waals surface area contributed by atoms with Crippen LogP contribution < -0.4 is 5.32 Å². The van der Waals surface area contributed by atoms with Crippen LogP contribution in [0.2, 0.25) is 0 Å². The molecule has 0 bridgehead atoms. The Balaban J connectivity index is 1.98. The van der Waals surface area contributed by atoms with Gasteiger partial charge in [-0.2, -0.15) is 0 Å². The number of hydrogen-bond donors (Lipinski definition) is 2. The number of amides is 1. The molecular weight excluding hydrogens is 353 g/mol. The van der Waals surface area contributed by atoms with Gasteiger partial charge in [0.2, 0.25) is 0 Å². The average molecular weight is 367 g/mol. The molecule has 0 atom stereocenters. The minimum Gasteiger partial charge on any atom is -0.392 e. The van der Waals surface area contributed by atoms with Crippen molar-refractivity contribution in [2.24, 2.45) is 0 Å². The van der Waals surface area contributed by atoms with Crippen molar-refractivity contribution in [3.05, 3.63) is 68.8 Å². The smallest absolute Gasteiger partial charge is 0.251 e. The quantitative estimate of drug-likeness (QED) is 0.817. The van der Waals surface area contributed by atoms with Gasteiger partial charge in [-0.05, 0) is 58.0 Å². The van der Waals surface area contributed by atoms with Crippen LogP contribution in [0.25, 0.3) is 0 Å². The number of hydrogen-bond acceptors (Lipinski definition) is 2. The van der Waals surface area contributed by atoms with Crippen LogP contribution >= 0.6 is 22.6 Å². The summed E-state index contributed by atoms with van der Waals surface area (Å²) in [5.74, 6) is -0.0919. The normalized spacial score (nSPS) is 10.2. The number of aliphatic hydroxyl groups is 1. The molecule has 0 radical (unpaired) electrons. The number of aliphatic hydroxyl groups excluding tert-OH is 1. The summed E-state index contributed by atoms with van der Waals surface area (Å²) in [7, 11) is 0. The minimum absolute atomic E-state index is 0.0128. The maximum atomic E-state index is 11.9. The molecule has 0 heterocycles. The fourth-order valence-electron chi connectivity index (χ4n) is 1.72. The molecule has 2 N–H and O–H groups in total. The molecule has 0 spiro atoms. The zero-order chi connectivity index (χ0) is 13.7. The van der Waals surface area contributed by atoms with E-state index in [1.54, 1.807) is 12.1 Å². The molecule has 0 aromatic heterocycles. The lowest BCUT2D eigenvalue weighted by molar-refractivity contribution is 0.0951. The number of rotatable bonds is 4. The molecule has 0 saturated heterocycles. The van der Waals surface area contributed by atoms with Gasteiger partial charge in [0.15, 0.2) is 0 Å². The first kappa shape index (κ1) is 14.0. The maximum Gasteiger partial charge on any atom is 0.251 e. The monoisotopic (exact) mass is 367 g/mol. The first-order valence-electron chi connectivity index (χ1n) is 5.91. The van der Waals surface area contributed by atoms with Gasteiger partial charge < -0.3 is 10.4 Å². The summed E-state index contributed by atoms with van der Waals surface area (Å²) < 4.78 is 1.10. The fraction of sp³-hybridized carbons (Fsp3) is 0.133. The Morgan fingerprint density at radius 3 is 2.47 bits per heavy atom. The van der Waals surface area contributed by atoms with Gasteiger partial charge in [-0.1, -0.05) is 24.3 Å². The summed E-state index contributed by atoms with van der Waals surface area (Å²) in [6, 6.07) is 15.0. The molecule has 0 saturated carbocycles. The van der Waals surface area contributed by atoms with Crippen LogP contribution in [0.5, 0.6) is 0 Å². The summed E-state index contributed by atoms with van der Waals surface area (Å²) in [4.78, 5) is 11.9. The lowest BCUT2D eigenvalue weighted by Crippen LogP contribution is -2.22. The Morgan fingerprint density at radius 1 is 1.11 bits per heavy atom. The summed E-state index contributed by atoms with van der Waals surface area (Å²) in [5.41, 5.74) is 2.48. The van der Waals surface area contributed by atoms with E-state index in [-0.39, 0.29) is 12.5 Å². The van der Waals surface area contributed by atoms with Crippen molar-refractivity contribution in [3.63, 3.8) is 0 Å². The van der Waals surface area contributed by atoms with Crippen molar-refractivity contribution in [2.75, 3.05) is 0 Å². The van der Waals surface area contributed by atoms with Crippen molar-refractivity contribution < 1.29 is 9.90 Å². The van der Waals surface area contributed by atoms with E-state index in [2.05, 4.69) is 27.9 Å². The molecule has 3 nitrogen and oxygen atoms in total. The van der Waals surface area contributed by atoms with Crippen LogP contribution in [0, 0.1) is 3.57 Å². The second-order valence-corrected chi connectivity index (χ2v) is 5.41. The molecule has 19 heavy (non-hydrogen) atoms. The average Bonchev–Trinajstić information content (AvgIpc) is 2.46. The van der Waals surface area contributed by atoms with Crippen LogP contribution in [0.15, 0.2) is 48.5 Å². The first-order valence-corrected chi connectivity index (χ1v) is 6.99. The van der Waals surface area contributed by atoms with Crippen molar-refractivity contribution in [1.82, 2.24) is 5.32 Å². The van der Waals surface area contributed by atoms with Gasteiger partial charge in [0.1, 0.15) is 0 Å². The molecule has 1 amide bonds. The predicted molar refractivity (Wildman–Crippen MR) is 82.7 cm³/mol. The van der Waals surface area contributed by atoms with E-state index < -0.39 is 0 Å². The SMILES string of the molecule is O=C(NCc1cccc(CO)c1)c1ccc(I)cc1. The molecule has 0 aliphatic carbocycles. The molecule has 2 aromatic rings. The van der Waals surface area contributed by atoms with Gasteiger partial charge >= 0.3 is 0 Å². The highest BCUT2D eigenvalue weighted by atomic mass is 127. The largest absolute Gasteiger partial charge is 0.392 e. The maximum absolute atomic E-state index is 11.9. The van der Waals surface area contributed by atoms with E-state index in [0.717, 1.165) is 14.7 Å². The first-order chi connectivity index (χ1) is 9.19. The highest BCUT2D eigenvalue weighted by molar-refractivity contribution is 14.1. The molecule has 0 fully saturated rings. The molecule has 0 aliphatic heterocycles. The van der Waals surface area contributed by atoms with Crippen LogP contribution in [0.3, 0.4) is 0 Å². The molecule has 2 rings (SSSR count). The Kier molecular flexibility index (Phi) is 4.93. The molecular formula is C15H14INO2. The topological polar surface area (TPSA) is 49.3 Å². The van der Waals surface area contributed by atoms with Crippen molar-refractivity contribution in [2.45, 2.75) is 13.2 Å². The van der Waals surface area contributed by atoms with Crippen LogP contribution in [0.1, 0.15) is 21.5 Å². The third-order valence-electron chi connectivity index (χ3n) is 2.73. The Hall–Kier alpha value is -1.40. The van der Waals surface area contributed by atoms with Gasteiger partial charge in [0.05, 0.1) is 6.61 Å². The zero-order valence-corrected chi connectivity index (χ0v) is 12.4. The number of carbonyl (C=O) groups excluding carboxylic acids is 1. The molecule has 0 unspecified atom stereocenters. The number of benzene rings is 2. The van der Waals surface area contributed by atoms with Crippen LogP contribution in [-0.4, -0.2) is 11.0 Å². The van der Waals surface area contributed by atoms with Crippen molar-refractivity contribution in [3.8, 4) is 0 Å². The van der Waals surface area contributed by atoms with Gasteiger partial charge in [-0.3, -0.25) is 4.79 Å². The van der Waals surface area contributed by atoms with Crippen molar-refractivity contribution in [1.29, 1.82) is 0 Å². The van der Waals surface area contributed by atoms with Crippen LogP contribution in [0.4, 0.5) is 0 Å². The lowest BCUT2D eigenvalue weighted by Gasteiger charge is -2.06. The Morgan fingerprint density at radius 2 is 1.79 bits per heavy atom. The van der Waals surface area contributed by atoms with Gasteiger partial charge in [0, 0.05) is 15.7 Å². The van der Waals surface area contributed by atoms with Crippen molar-refractivity contribution >= 4 is 28.5 Å². The number of carbonyl (C=O) groups is 1. The zero-order valence-electron chi connectivity index (χ0n) is 10.3. The molecule has 4 heteroatoms. The second kappa shape index (κ2) is 6.68. The molecule has 98 valence electrons. The van der Waals surface area contributed by atoms with E-state index in [0.29, 0.717) is 12.1 Å². The second-order valence-electron chi connectivity index (χ2n) is 4.17. The third-order valence-corrected chi connectivity index (χ3v) is 3.45.